The average Bonchev–Trinajstić information content (AvgIpc) is 3.00. The molecule has 0 aliphatic heterocycles. The van der Waals surface area contributed by atoms with Crippen LogP contribution in [0.1, 0.15) is 36.9 Å². The van der Waals surface area contributed by atoms with E-state index in [1.54, 1.807) is 6.20 Å². The van der Waals surface area contributed by atoms with Crippen molar-refractivity contribution in [3.8, 4) is 0 Å². The summed E-state index contributed by atoms with van der Waals surface area (Å²) in [6.45, 7) is 3.02. The van der Waals surface area contributed by atoms with Gasteiger partial charge in [0.2, 0.25) is 5.95 Å². The highest BCUT2D eigenvalue weighted by Gasteiger charge is 2.39. The van der Waals surface area contributed by atoms with Crippen LogP contribution in [0.3, 0.4) is 0 Å². The molecule has 3 rings (SSSR count). The van der Waals surface area contributed by atoms with Gasteiger partial charge in [-0.3, -0.25) is 0 Å². The van der Waals surface area contributed by atoms with Crippen molar-refractivity contribution in [1.29, 1.82) is 0 Å². The lowest BCUT2D eigenvalue weighted by Gasteiger charge is -2.27. The van der Waals surface area contributed by atoms with Gasteiger partial charge in [0.05, 0.1) is 6.61 Å². The number of aryl methyl sites for hydroxylation is 1. The zero-order valence-electron chi connectivity index (χ0n) is 11.8. The van der Waals surface area contributed by atoms with Crippen LogP contribution in [-0.4, -0.2) is 28.7 Å². The van der Waals surface area contributed by atoms with Crippen molar-refractivity contribution in [3.05, 3.63) is 17.5 Å². The fourth-order valence-electron chi connectivity index (χ4n) is 3.85. The molecule has 0 aromatic carbocycles. The first-order chi connectivity index (χ1) is 9.17. The Kier molecular flexibility index (Phi) is 3.44. The van der Waals surface area contributed by atoms with E-state index < -0.39 is 0 Å². The fraction of sp³-hybridized carbons (Fsp3) is 0.733. The number of aliphatic hydroxyl groups excluding tert-OH is 1. The second-order valence-electron chi connectivity index (χ2n) is 6.25. The maximum absolute atomic E-state index is 9.16. The zero-order valence-corrected chi connectivity index (χ0v) is 11.8. The van der Waals surface area contributed by atoms with Gasteiger partial charge in [-0.1, -0.05) is 6.42 Å². The minimum atomic E-state index is 0.0161. The molecule has 1 aromatic heterocycles. The van der Waals surface area contributed by atoms with Crippen LogP contribution in [0, 0.1) is 24.7 Å². The molecular weight excluding hydrogens is 238 g/mol. The SMILES string of the molecule is Cc1nc(N(C)CC2CC3CCC2C3)ncc1CO. The van der Waals surface area contributed by atoms with E-state index in [2.05, 4.69) is 21.9 Å². The second-order valence-corrected chi connectivity index (χ2v) is 6.25. The Bertz CT molecular complexity index is 463. The Labute approximate surface area is 114 Å². The van der Waals surface area contributed by atoms with Crippen LogP contribution in [0.4, 0.5) is 5.95 Å². The molecule has 1 N–H and O–H groups in total. The van der Waals surface area contributed by atoms with Crippen molar-refractivity contribution in [2.45, 2.75) is 39.2 Å². The van der Waals surface area contributed by atoms with E-state index in [0.717, 1.165) is 41.5 Å². The van der Waals surface area contributed by atoms with Gasteiger partial charge in [0.1, 0.15) is 0 Å². The molecular formula is C15H23N3O. The number of anilines is 1. The lowest BCUT2D eigenvalue weighted by Crippen LogP contribution is -2.30. The van der Waals surface area contributed by atoms with Gasteiger partial charge in [0.15, 0.2) is 0 Å². The topological polar surface area (TPSA) is 49.2 Å². The summed E-state index contributed by atoms with van der Waals surface area (Å²) >= 11 is 0. The number of hydrogen-bond acceptors (Lipinski definition) is 4. The summed E-state index contributed by atoms with van der Waals surface area (Å²) in [7, 11) is 2.08. The first kappa shape index (κ1) is 12.9. The van der Waals surface area contributed by atoms with Gasteiger partial charge in [0, 0.05) is 31.0 Å². The summed E-state index contributed by atoms with van der Waals surface area (Å²) in [5.74, 6) is 3.54. The molecule has 0 spiro atoms. The number of hydrogen-bond donors (Lipinski definition) is 1. The number of aliphatic hydroxyl groups is 1. The van der Waals surface area contributed by atoms with Gasteiger partial charge in [-0.25, -0.2) is 9.97 Å². The third-order valence-corrected chi connectivity index (χ3v) is 4.97. The Hall–Kier alpha value is -1.16. The van der Waals surface area contributed by atoms with E-state index in [1.165, 1.54) is 25.7 Å². The van der Waals surface area contributed by atoms with E-state index in [9.17, 15) is 0 Å². The third kappa shape index (κ3) is 2.46. The Morgan fingerprint density at radius 2 is 2.21 bits per heavy atom. The Morgan fingerprint density at radius 1 is 1.37 bits per heavy atom. The molecule has 2 bridgehead atoms. The van der Waals surface area contributed by atoms with E-state index in [-0.39, 0.29) is 6.61 Å². The molecule has 2 fully saturated rings. The molecule has 2 aliphatic rings. The summed E-state index contributed by atoms with van der Waals surface area (Å²) < 4.78 is 0. The molecule has 0 saturated heterocycles. The van der Waals surface area contributed by atoms with Crippen LogP contribution in [0.15, 0.2) is 6.20 Å². The second kappa shape index (κ2) is 5.08. The van der Waals surface area contributed by atoms with Crippen molar-refractivity contribution in [3.63, 3.8) is 0 Å². The largest absolute Gasteiger partial charge is 0.392 e. The van der Waals surface area contributed by atoms with Gasteiger partial charge in [-0.05, 0) is 43.9 Å². The van der Waals surface area contributed by atoms with Crippen molar-refractivity contribution >= 4 is 5.95 Å². The van der Waals surface area contributed by atoms with Gasteiger partial charge in [-0.15, -0.1) is 0 Å². The quantitative estimate of drug-likeness (QED) is 0.902. The summed E-state index contributed by atoms with van der Waals surface area (Å²) in [4.78, 5) is 11.1. The van der Waals surface area contributed by atoms with E-state index in [1.807, 2.05) is 6.92 Å². The molecule has 2 aliphatic carbocycles. The first-order valence-electron chi connectivity index (χ1n) is 7.32. The first-order valence-corrected chi connectivity index (χ1v) is 7.32. The van der Waals surface area contributed by atoms with Gasteiger partial charge in [-0.2, -0.15) is 0 Å². The number of rotatable bonds is 4. The van der Waals surface area contributed by atoms with Crippen molar-refractivity contribution in [2.75, 3.05) is 18.5 Å². The van der Waals surface area contributed by atoms with Crippen molar-refractivity contribution in [1.82, 2.24) is 9.97 Å². The normalized spacial score (nSPS) is 28.9. The van der Waals surface area contributed by atoms with E-state index in [4.69, 9.17) is 5.11 Å². The lowest BCUT2D eigenvalue weighted by atomic mass is 9.88. The fourth-order valence-corrected chi connectivity index (χ4v) is 3.85. The molecule has 4 nitrogen and oxygen atoms in total. The van der Waals surface area contributed by atoms with Crippen LogP contribution in [0.5, 0.6) is 0 Å². The summed E-state index contributed by atoms with van der Waals surface area (Å²) in [5.41, 5.74) is 1.70. The summed E-state index contributed by atoms with van der Waals surface area (Å²) in [6.07, 6.45) is 7.46. The van der Waals surface area contributed by atoms with Crippen LogP contribution < -0.4 is 4.90 Å². The van der Waals surface area contributed by atoms with Crippen LogP contribution in [0.25, 0.3) is 0 Å². The van der Waals surface area contributed by atoms with Crippen LogP contribution in [0.2, 0.25) is 0 Å². The maximum atomic E-state index is 9.16. The van der Waals surface area contributed by atoms with Crippen molar-refractivity contribution < 1.29 is 5.11 Å². The van der Waals surface area contributed by atoms with E-state index >= 15 is 0 Å². The molecule has 3 atom stereocenters. The molecule has 3 unspecified atom stereocenters. The highest BCUT2D eigenvalue weighted by molar-refractivity contribution is 5.31. The predicted octanol–water partition coefficient (Wildman–Crippen LogP) is 2.15. The van der Waals surface area contributed by atoms with Crippen LogP contribution in [-0.2, 0) is 6.61 Å². The van der Waals surface area contributed by atoms with Crippen LogP contribution >= 0.6 is 0 Å². The summed E-state index contributed by atoms with van der Waals surface area (Å²) in [5, 5.41) is 9.16. The molecule has 2 saturated carbocycles. The number of nitrogens with zero attached hydrogens (tertiary/aromatic N) is 3. The average molecular weight is 261 g/mol. The molecule has 4 heteroatoms. The van der Waals surface area contributed by atoms with Gasteiger partial charge >= 0.3 is 0 Å². The minimum absolute atomic E-state index is 0.0161. The molecule has 0 amide bonds. The maximum Gasteiger partial charge on any atom is 0.225 e. The predicted molar refractivity (Wildman–Crippen MR) is 74.9 cm³/mol. The standard InChI is InChI=1S/C15H23N3O/c1-10-14(9-19)7-16-15(17-10)18(2)8-13-6-11-3-4-12(13)5-11/h7,11-13,19H,3-6,8-9H2,1-2H3. The molecule has 1 heterocycles. The summed E-state index contributed by atoms with van der Waals surface area (Å²) in [6, 6.07) is 0. The van der Waals surface area contributed by atoms with Gasteiger partial charge in [0.25, 0.3) is 0 Å². The molecule has 19 heavy (non-hydrogen) atoms. The molecule has 1 aromatic rings. The highest BCUT2D eigenvalue weighted by Crippen LogP contribution is 2.48. The Morgan fingerprint density at radius 3 is 2.79 bits per heavy atom. The Balaban J connectivity index is 1.67. The number of fused-ring (bicyclic) bond motifs is 2. The molecule has 0 radical (unpaired) electrons. The van der Waals surface area contributed by atoms with E-state index in [0.29, 0.717) is 0 Å². The monoisotopic (exact) mass is 261 g/mol. The molecule has 104 valence electrons. The number of aromatic nitrogens is 2. The third-order valence-electron chi connectivity index (χ3n) is 4.97. The minimum Gasteiger partial charge on any atom is -0.392 e. The smallest absolute Gasteiger partial charge is 0.225 e. The highest BCUT2D eigenvalue weighted by atomic mass is 16.3. The zero-order chi connectivity index (χ0) is 13.4. The lowest BCUT2D eigenvalue weighted by molar-refractivity contribution is 0.280. The van der Waals surface area contributed by atoms with Gasteiger partial charge < -0.3 is 10.0 Å². The van der Waals surface area contributed by atoms with Crippen molar-refractivity contribution in [2.24, 2.45) is 17.8 Å².